The Bertz CT molecular complexity index is 721. The molecule has 0 heterocycles. The van der Waals surface area contributed by atoms with E-state index in [4.69, 9.17) is 16.9 Å². The van der Waals surface area contributed by atoms with Crippen molar-refractivity contribution in [2.75, 3.05) is 13.1 Å². The second kappa shape index (κ2) is 13.4. The molecule has 1 aliphatic rings. The quantitative estimate of drug-likeness (QED) is 0.418. The van der Waals surface area contributed by atoms with E-state index < -0.39 is 0 Å². The molecule has 0 bridgehead atoms. The van der Waals surface area contributed by atoms with Gasteiger partial charge in [-0.25, -0.2) is 0 Å². The highest BCUT2D eigenvalue weighted by atomic mass is 35.5. The van der Waals surface area contributed by atoms with Crippen LogP contribution < -0.4 is 0 Å². The van der Waals surface area contributed by atoms with Crippen LogP contribution in [0.4, 0.5) is 0 Å². The highest BCUT2D eigenvalue weighted by Gasteiger charge is 2.23. The van der Waals surface area contributed by atoms with E-state index in [-0.39, 0.29) is 0 Å². The first kappa shape index (κ1) is 23.5. The first-order valence-corrected chi connectivity index (χ1v) is 11.4. The number of aryl methyl sites for hydroxylation is 1. The summed E-state index contributed by atoms with van der Waals surface area (Å²) in [5.74, 6) is 0.678. The maximum absolute atomic E-state index is 7.32. The molecule has 0 amide bonds. The Balaban J connectivity index is 0.000000941. The summed E-state index contributed by atoms with van der Waals surface area (Å²) in [4.78, 5) is 2.59. The van der Waals surface area contributed by atoms with E-state index in [0.29, 0.717) is 11.3 Å². The average molecular weight is 411 g/mol. The first-order chi connectivity index (χ1) is 14.2. The molecule has 3 heteroatoms. The Morgan fingerprint density at radius 1 is 1.00 bits per heavy atom. The Morgan fingerprint density at radius 2 is 1.69 bits per heavy atom. The first-order valence-electron chi connectivity index (χ1n) is 11.0. The summed E-state index contributed by atoms with van der Waals surface area (Å²) < 4.78 is 0. The van der Waals surface area contributed by atoms with Crippen molar-refractivity contribution in [3.8, 4) is 6.07 Å². The highest BCUT2D eigenvalue weighted by Crippen LogP contribution is 2.37. The zero-order valence-corrected chi connectivity index (χ0v) is 18.7. The predicted octanol–water partition coefficient (Wildman–Crippen LogP) is 6.94. The Kier molecular flexibility index (Phi) is 10.8. The summed E-state index contributed by atoms with van der Waals surface area (Å²) in [7, 11) is 0. The molecule has 0 saturated heterocycles. The number of halogens is 1. The molecule has 29 heavy (non-hydrogen) atoms. The molecule has 2 aromatic carbocycles. The fourth-order valence-corrected chi connectivity index (χ4v) is 4.46. The van der Waals surface area contributed by atoms with Crippen molar-refractivity contribution >= 4 is 11.6 Å². The molecule has 2 nitrogen and oxygen atoms in total. The molecular weight excluding hydrogens is 376 g/mol. The molecule has 0 aromatic heterocycles. The fraction of sp³-hybridized carbons (Fsp3) is 0.500. The van der Waals surface area contributed by atoms with Crippen molar-refractivity contribution in [1.82, 2.24) is 4.90 Å². The number of hydrogen-bond acceptors (Lipinski definition) is 2. The van der Waals surface area contributed by atoms with Crippen LogP contribution in [0.25, 0.3) is 0 Å². The van der Waals surface area contributed by atoms with Crippen LogP contribution in [0.3, 0.4) is 0 Å². The zero-order chi connectivity index (χ0) is 20.9. The van der Waals surface area contributed by atoms with Gasteiger partial charge >= 0.3 is 0 Å². The molecule has 1 aliphatic carbocycles. The van der Waals surface area contributed by atoms with E-state index in [0.717, 1.165) is 19.4 Å². The second-order valence-corrected chi connectivity index (χ2v) is 8.55. The summed E-state index contributed by atoms with van der Waals surface area (Å²) in [5.41, 5.74) is 4.36. The number of benzene rings is 2. The molecule has 2 aromatic rings. The molecule has 3 rings (SSSR count). The molecular formula is C26H35ClN2. The number of nitriles is 1. The van der Waals surface area contributed by atoms with E-state index in [9.17, 15) is 0 Å². The summed E-state index contributed by atoms with van der Waals surface area (Å²) in [6.07, 6.45) is 7.16. The van der Waals surface area contributed by atoms with Gasteiger partial charge in [-0.2, -0.15) is 5.26 Å². The number of rotatable bonds is 9. The van der Waals surface area contributed by atoms with Crippen LogP contribution in [0.1, 0.15) is 68.6 Å². The van der Waals surface area contributed by atoms with Gasteiger partial charge in [-0.15, -0.1) is 11.6 Å². The Morgan fingerprint density at radius 3 is 2.28 bits per heavy atom. The van der Waals surface area contributed by atoms with Gasteiger partial charge < -0.3 is 0 Å². The van der Waals surface area contributed by atoms with Gasteiger partial charge in [-0.1, -0.05) is 61.5 Å². The zero-order valence-electron chi connectivity index (χ0n) is 18.0. The predicted molar refractivity (Wildman–Crippen MR) is 124 cm³/mol. The lowest BCUT2D eigenvalue weighted by Crippen LogP contribution is -2.25. The third-order valence-electron chi connectivity index (χ3n) is 5.55. The van der Waals surface area contributed by atoms with Gasteiger partial charge in [0.2, 0.25) is 0 Å². The molecule has 0 radical (unpaired) electrons. The Labute approximate surface area is 182 Å². The molecule has 1 fully saturated rings. The topological polar surface area (TPSA) is 27.0 Å². The van der Waals surface area contributed by atoms with Gasteiger partial charge in [0, 0.05) is 18.8 Å². The summed E-state index contributed by atoms with van der Waals surface area (Å²) >= 11 is 6.27. The number of nitrogens with zero attached hydrogens (tertiary/aromatic N) is 2. The minimum absolute atomic E-state index is 0.383. The lowest BCUT2D eigenvalue weighted by molar-refractivity contribution is 0.262. The van der Waals surface area contributed by atoms with E-state index >= 15 is 0 Å². The van der Waals surface area contributed by atoms with Crippen molar-refractivity contribution in [2.24, 2.45) is 0 Å². The van der Waals surface area contributed by atoms with Crippen LogP contribution in [0.15, 0.2) is 54.6 Å². The minimum atomic E-state index is 0.383. The van der Waals surface area contributed by atoms with Crippen LogP contribution >= 0.6 is 11.6 Å². The van der Waals surface area contributed by atoms with E-state index in [1.165, 1.54) is 62.4 Å². The maximum Gasteiger partial charge on any atom is 0.0587 e. The van der Waals surface area contributed by atoms with E-state index in [1.54, 1.807) is 6.07 Å². The molecule has 156 valence electrons. The highest BCUT2D eigenvalue weighted by molar-refractivity contribution is 6.20. The largest absolute Gasteiger partial charge is 0.299 e. The van der Waals surface area contributed by atoms with Gasteiger partial charge in [0.15, 0.2) is 0 Å². The van der Waals surface area contributed by atoms with Gasteiger partial charge in [0.1, 0.15) is 0 Å². The average Bonchev–Trinajstić information content (AvgIpc) is 3.16. The van der Waals surface area contributed by atoms with Crippen LogP contribution in [-0.4, -0.2) is 23.4 Å². The van der Waals surface area contributed by atoms with Gasteiger partial charge in [0.25, 0.3) is 0 Å². The monoisotopic (exact) mass is 410 g/mol. The van der Waals surface area contributed by atoms with Crippen molar-refractivity contribution in [3.63, 3.8) is 0 Å². The molecule has 2 unspecified atom stereocenters. The molecule has 0 N–H and O–H groups in total. The van der Waals surface area contributed by atoms with Crippen molar-refractivity contribution in [3.05, 3.63) is 71.3 Å². The number of alkyl halides is 1. The van der Waals surface area contributed by atoms with Crippen molar-refractivity contribution in [1.29, 1.82) is 5.26 Å². The van der Waals surface area contributed by atoms with Gasteiger partial charge in [0.05, 0.1) is 6.07 Å². The SMILES string of the molecule is CC#N.CCCN(CCCc1ccc(C2CCC(Cl)C2)cc1)Cc1ccccc1. The molecule has 1 saturated carbocycles. The van der Waals surface area contributed by atoms with Crippen molar-refractivity contribution < 1.29 is 0 Å². The lowest BCUT2D eigenvalue weighted by Gasteiger charge is -2.22. The van der Waals surface area contributed by atoms with E-state index in [2.05, 4.69) is 66.4 Å². The number of hydrogen-bond donors (Lipinski definition) is 0. The molecule has 2 atom stereocenters. The van der Waals surface area contributed by atoms with E-state index in [1.807, 2.05) is 0 Å². The lowest BCUT2D eigenvalue weighted by atomic mass is 9.96. The second-order valence-electron chi connectivity index (χ2n) is 7.94. The Hall–Kier alpha value is -1.82. The third kappa shape index (κ3) is 8.60. The molecule has 0 spiro atoms. The van der Waals surface area contributed by atoms with Gasteiger partial charge in [-0.05, 0) is 74.2 Å². The van der Waals surface area contributed by atoms with Crippen LogP contribution in [0.5, 0.6) is 0 Å². The fourth-order valence-electron chi connectivity index (χ4n) is 4.12. The van der Waals surface area contributed by atoms with Crippen LogP contribution in [0, 0.1) is 11.3 Å². The van der Waals surface area contributed by atoms with Crippen LogP contribution in [-0.2, 0) is 13.0 Å². The van der Waals surface area contributed by atoms with Gasteiger partial charge in [-0.3, -0.25) is 4.90 Å². The summed E-state index contributed by atoms with van der Waals surface area (Å²) in [6, 6.07) is 21.9. The van der Waals surface area contributed by atoms with Crippen molar-refractivity contribution in [2.45, 2.75) is 70.2 Å². The van der Waals surface area contributed by atoms with Crippen LogP contribution in [0.2, 0.25) is 0 Å². The summed E-state index contributed by atoms with van der Waals surface area (Å²) in [5, 5.41) is 7.70. The third-order valence-corrected chi connectivity index (χ3v) is 5.94. The smallest absolute Gasteiger partial charge is 0.0587 e. The minimum Gasteiger partial charge on any atom is -0.299 e. The maximum atomic E-state index is 7.32. The summed E-state index contributed by atoms with van der Waals surface area (Å²) in [6.45, 7) is 7.11. The normalized spacial score (nSPS) is 18.2. The standard InChI is InChI=1S/C24H32ClN.C2H3N/c1-2-16-26(19-21-7-4-3-5-8-21)17-6-9-20-10-12-22(13-11-20)23-14-15-24(25)18-23;1-2-3/h3-5,7-8,10-13,23-24H,2,6,9,14-19H2,1H3;1H3. The molecule has 0 aliphatic heterocycles.